The average Bonchev–Trinajstić information content (AvgIpc) is 3.06. The molecule has 1 aromatic heterocycles. The molecule has 3 aromatic rings. The van der Waals surface area contributed by atoms with Crippen molar-refractivity contribution in [1.29, 1.82) is 0 Å². The summed E-state index contributed by atoms with van der Waals surface area (Å²) in [6.07, 6.45) is 1.63. The van der Waals surface area contributed by atoms with Crippen molar-refractivity contribution < 1.29 is 9.21 Å². The second kappa shape index (κ2) is 5.44. The van der Waals surface area contributed by atoms with E-state index in [9.17, 15) is 4.79 Å². The van der Waals surface area contributed by atoms with Crippen LogP contribution in [0.25, 0.3) is 0 Å². The number of hydrogen-bond donors (Lipinski definition) is 0. The molecule has 0 fully saturated rings. The first kappa shape index (κ1) is 12.8. The van der Waals surface area contributed by atoms with Crippen LogP contribution in [0.5, 0.6) is 0 Å². The van der Waals surface area contributed by atoms with Crippen LogP contribution in [-0.4, -0.2) is 6.03 Å². The summed E-state index contributed by atoms with van der Waals surface area (Å²) in [4.78, 5) is 12.1. The first-order chi connectivity index (χ1) is 9.88. The molecule has 3 heteroatoms. The molecule has 0 aliphatic heterocycles. The van der Waals surface area contributed by atoms with E-state index in [0.717, 1.165) is 22.1 Å². The zero-order valence-corrected chi connectivity index (χ0v) is 11.9. The molecule has 0 aliphatic rings. The maximum absolute atomic E-state index is 12.1. The van der Waals surface area contributed by atoms with Gasteiger partial charge in [0.15, 0.2) is 0 Å². The zero-order valence-electron chi connectivity index (χ0n) is 10.9. The summed E-state index contributed by atoms with van der Waals surface area (Å²) in [5.41, 5.74) is 0.768. The van der Waals surface area contributed by atoms with Crippen molar-refractivity contribution in [2.45, 2.75) is 0 Å². The molecule has 2 nitrogen and oxygen atoms in total. The van der Waals surface area contributed by atoms with Gasteiger partial charge in [-0.2, -0.15) is 0 Å². The van der Waals surface area contributed by atoms with Crippen molar-refractivity contribution in [3.05, 3.63) is 79.1 Å². The normalized spacial score (nSPS) is 12.0. The molecule has 0 unspecified atom stereocenters. The minimum absolute atomic E-state index is 0.768. The van der Waals surface area contributed by atoms with Crippen LogP contribution in [0.15, 0.2) is 83.5 Å². The fraction of sp³-hybridized carbons (Fsp3) is 0. The Labute approximate surface area is 118 Å². The second-order valence-electron chi connectivity index (χ2n) is 4.64. The third-order valence-corrected chi connectivity index (χ3v) is 7.45. The van der Waals surface area contributed by atoms with Gasteiger partial charge < -0.3 is 0 Å². The van der Waals surface area contributed by atoms with Gasteiger partial charge in [-0.3, -0.25) is 0 Å². The van der Waals surface area contributed by atoms with Crippen molar-refractivity contribution in [3.63, 3.8) is 0 Å². The van der Waals surface area contributed by atoms with E-state index in [2.05, 4.69) is 0 Å². The summed E-state index contributed by atoms with van der Waals surface area (Å²) in [6, 6.07) is 24.7. The standard InChI is InChI=1S/C17H15O2P/c18-14-20(17-12-7-13-19-17,15-8-3-1-4-9-15)16-10-5-2-6-11-16/h1-14,20H. The summed E-state index contributed by atoms with van der Waals surface area (Å²) in [5.74, 6) is 0. The van der Waals surface area contributed by atoms with Crippen molar-refractivity contribution in [2.24, 2.45) is 0 Å². The van der Waals surface area contributed by atoms with Gasteiger partial charge in [-0.05, 0) is 0 Å². The van der Waals surface area contributed by atoms with Gasteiger partial charge in [0.25, 0.3) is 0 Å². The molecule has 1 heterocycles. The van der Waals surface area contributed by atoms with Crippen LogP contribution >= 0.6 is 7.26 Å². The predicted molar refractivity (Wildman–Crippen MR) is 85.6 cm³/mol. The van der Waals surface area contributed by atoms with E-state index in [4.69, 9.17) is 4.42 Å². The molecule has 0 amide bonds. The monoisotopic (exact) mass is 282 g/mol. The number of rotatable bonds is 4. The molecule has 0 N–H and O–H groups in total. The molecule has 0 radical (unpaired) electrons. The first-order valence-corrected chi connectivity index (χ1v) is 8.57. The van der Waals surface area contributed by atoms with Crippen molar-refractivity contribution in [1.82, 2.24) is 0 Å². The molecule has 20 heavy (non-hydrogen) atoms. The third-order valence-electron chi connectivity index (χ3n) is 3.54. The van der Waals surface area contributed by atoms with Gasteiger partial charge in [-0.1, -0.05) is 0 Å². The van der Waals surface area contributed by atoms with Gasteiger partial charge >= 0.3 is 118 Å². The van der Waals surface area contributed by atoms with E-state index < -0.39 is 7.26 Å². The Morgan fingerprint density at radius 3 is 1.70 bits per heavy atom. The molecule has 100 valence electrons. The van der Waals surface area contributed by atoms with Crippen LogP contribution in [-0.2, 0) is 4.79 Å². The molecule has 0 spiro atoms. The first-order valence-electron chi connectivity index (χ1n) is 6.49. The summed E-state index contributed by atoms with van der Waals surface area (Å²) < 4.78 is 5.63. The topological polar surface area (TPSA) is 30.2 Å². The van der Waals surface area contributed by atoms with E-state index in [-0.39, 0.29) is 0 Å². The molecule has 0 saturated heterocycles. The fourth-order valence-electron chi connectivity index (χ4n) is 2.55. The molecule has 0 atom stereocenters. The Morgan fingerprint density at radius 2 is 1.30 bits per heavy atom. The van der Waals surface area contributed by atoms with Crippen LogP contribution in [0.4, 0.5) is 0 Å². The molecule has 0 bridgehead atoms. The van der Waals surface area contributed by atoms with Crippen molar-refractivity contribution in [2.75, 3.05) is 0 Å². The van der Waals surface area contributed by atoms with Crippen molar-refractivity contribution >= 4 is 29.4 Å². The van der Waals surface area contributed by atoms with Gasteiger partial charge in [0.2, 0.25) is 0 Å². The quantitative estimate of drug-likeness (QED) is 0.543. The number of furan rings is 1. The van der Waals surface area contributed by atoms with Crippen LogP contribution < -0.4 is 16.1 Å². The van der Waals surface area contributed by atoms with Gasteiger partial charge in [0.1, 0.15) is 0 Å². The van der Waals surface area contributed by atoms with Crippen LogP contribution in [0.2, 0.25) is 0 Å². The molecular weight excluding hydrogens is 267 g/mol. The van der Waals surface area contributed by atoms with Crippen LogP contribution in [0, 0.1) is 0 Å². The van der Waals surface area contributed by atoms with Gasteiger partial charge in [0.05, 0.1) is 0 Å². The number of carbonyl (C=O) groups excluding carboxylic acids is 1. The molecule has 2 aromatic carbocycles. The molecular formula is C17H15O2P. The van der Waals surface area contributed by atoms with Crippen LogP contribution in [0.1, 0.15) is 0 Å². The van der Waals surface area contributed by atoms with E-state index in [1.165, 1.54) is 0 Å². The molecule has 0 aliphatic carbocycles. The zero-order chi connectivity index (χ0) is 13.8. The third kappa shape index (κ3) is 1.99. The van der Waals surface area contributed by atoms with Gasteiger partial charge in [-0.25, -0.2) is 0 Å². The second-order valence-corrected chi connectivity index (χ2v) is 8.13. The Kier molecular flexibility index (Phi) is 3.49. The van der Waals surface area contributed by atoms with E-state index in [0.29, 0.717) is 0 Å². The Balaban J connectivity index is 2.30. The minimum atomic E-state index is -2.69. The van der Waals surface area contributed by atoms with Gasteiger partial charge in [-0.15, -0.1) is 0 Å². The van der Waals surface area contributed by atoms with Crippen molar-refractivity contribution in [3.8, 4) is 0 Å². The average molecular weight is 282 g/mol. The van der Waals surface area contributed by atoms with Gasteiger partial charge in [0, 0.05) is 0 Å². The molecule has 0 saturated carbocycles. The van der Waals surface area contributed by atoms with E-state index >= 15 is 0 Å². The molecule has 3 rings (SSSR count). The SMILES string of the molecule is O=C[PH](c1ccccc1)(c1ccccc1)c1ccco1. The number of hydrogen-bond acceptors (Lipinski definition) is 2. The Morgan fingerprint density at radius 1 is 0.750 bits per heavy atom. The summed E-state index contributed by atoms with van der Waals surface area (Å²) >= 11 is 0. The summed E-state index contributed by atoms with van der Waals surface area (Å²) in [5, 5.41) is 2.08. The maximum atomic E-state index is 12.1. The predicted octanol–water partition coefficient (Wildman–Crippen LogP) is 2.50. The Bertz CT molecular complexity index is 636. The van der Waals surface area contributed by atoms with E-state index in [1.54, 1.807) is 6.26 Å². The Hall–Kier alpha value is -2.18. The summed E-state index contributed by atoms with van der Waals surface area (Å²) in [6.45, 7) is 0. The van der Waals surface area contributed by atoms with E-state index in [1.807, 2.05) is 72.8 Å². The van der Waals surface area contributed by atoms with Crippen LogP contribution in [0.3, 0.4) is 0 Å². The number of benzene rings is 2. The number of carbonyl (C=O) groups is 1. The summed E-state index contributed by atoms with van der Waals surface area (Å²) in [7, 11) is -2.69. The fourth-order valence-corrected chi connectivity index (χ4v) is 5.89.